The van der Waals surface area contributed by atoms with Gasteiger partial charge in [-0.2, -0.15) is 0 Å². The molecule has 138 valence electrons. The van der Waals surface area contributed by atoms with Gasteiger partial charge in [0.05, 0.1) is 12.5 Å². The Morgan fingerprint density at radius 3 is 2.50 bits per heavy atom. The molecule has 1 saturated heterocycles. The Morgan fingerprint density at radius 2 is 1.92 bits per heavy atom. The first kappa shape index (κ1) is 23.0. The number of nitrogens with one attached hydrogen (secondary N) is 1. The zero-order valence-corrected chi connectivity index (χ0v) is 15.8. The third kappa shape index (κ3) is 7.26. The van der Waals surface area contributed by atoms with Crippen LogP contribution in [0.3, 0.4) is 0 Å². The van der Waals surface area contributed by atoms with Crippen LogP contribution in [-0.4, -0.2) is 38.8 Å². The van der Waals surface area contributed by atoms with Crippen molar-refractivity contribution in [2.75, 3.05) is 37.0 Å². The molecular formula is C17H29Cl2N3O2. The van der Waals surface area contributed by atoms with Crippen LogP contribution in [0, 0.1) is 0 Å². The topological polar surface area (TPSA) is 67.6 Å². The average molecular weight is 378 g/mol. The molecule has 1 aliphatic rings. The van der Waals surface area contributed by atoms with E-state index in [0.29, 0.717) is 6.54 Å². The molecule has 0 aliphatic carbocycles. The van der Waals surface area contributed by atoms with Crippen LogP contribution in [0.5, 0.6) is 0 Å². The monoisotopic (exact) mass is 377 g/mol. The lowest BCUT2D eigenvalue weighted by atomic mass is 10.2. The standard InChI is InChI=1S/C17H27N3O2.2ClH/c1-22-16(13-18)12-17(21)19-14-7-6-8-15(11-14)20-9-4-2-3-5-10-20;;/h6-8,11,16H,2-5,9-10,12-13,18H2,1H3,(H,19,21);2*1H. The summed E-state index contributed by atoms with van der Waals surface area (Å²) >= 11 is 0. The van der Waals surface area contributed by atoms with E-state index < -0.39 is 0 Å². The van der Waals surface area contributed by atoms with E-state index in [1.54, 1.807) is 7.11 Å². The second-order valence-electron chi connectivity index (χ2n) is 5.80. The van der Waals surface area contributed by atoms with Crippen LogP contribution < -0.4 is 16.0 Å². The number of methoxy groups -OCH3 is 1. The van der Waals surface area contributed by atoms with Crippen molar-refractivity contribution in [3.05, 3.63) is 24.3 Å². The molecule has 0 saturated carbocycles. The number of hydrogen-bond acceptors (Lipinski definition) is 4. The van der Waals surface area contributed by atoms with Crippen LogP contribution in [-0.2, 0) is 9.53 Å². The molecule has 0 bridgehead atoms. The average Bonchev–Trinajstić information content (AvgIpc) is 2.82. The minimum Gasteiger partial charge on any atom is -0.380 e. The molecule has 7 heteroatoms. The molecule has 0 aromatic heterocycles. The number of hydrogen-bond donors (Lipinski definition) is 2. The zero-order valence-electron chi connectivity index (χ0n) is 14.2. The summed E-state index contributed by atoms with van der Waals surface area (Å²) in [5.41, 5.74) is 7.56. The number of carbonyl (C=O) groups excluding carboxylic acids is 1. The number of amides is 1. The summed E-state index contributed by atoms with van der Waals surface area (Å²) in [6.07, 6.45) is 5.15. The lowest BCUT2D eigenvalue weighted by Gasteiger charge is -2.23. The first-order valence-corrected chi connectivity index (χ1v) is 8.10. The van der Waals surface area contributed by atoms with Crippen molar-refractivity contribution in [2.24, 2.45) is 5.73 Å². The minimum absolute atomic E-state index is 0. The van der Waals surface area contributed by atoms with Gasteiger partial charge in [0.15, 0.2) is 0 Å². The smallest absolute Gasteiger partial charge is 0.227 e. The van der Waals surface area contributed by atoms with Crippen molar-refractivity contribution in [3.63, 3.8) is 0 Å². The molecule has 0 spiro atoms. The van der Waals surface area contributed by atoms with E-state index in [0.717, 1.165) is 18.8 Å². The fourth-order valence-corrected chi connectivity index (χ4v) is 2.79. The van der Waals surface area contributed by atoms with Crippen LogP contribution in [0.4, 0.5) is 11.4 Å². The zero-order chi connectivity index (χ0) is 15.8. The Morgan fingerprint density at radius 1 is 1.25 bits per heavy atom. The fourth-order valence-electron chi connectivity index (χ4n) is 2.79. The normalized spacial score (nSPS) is 15.5. The van der Waals surface area contributed by atoms with Crippen LogP contribution in [0.2, 0.25) is 0 Å². The van der Waals surface area contributed by atoms with Gasteiger partial charge in [0, 0.05) is 38.1 Å². The predicted molar refractivity (Wildman–Crippen MR) is 105 cm³/mol. The predicted octanol–water partition coefficient (Wildman–Crippen LogP) is 3.21. The maximum atomic E-state index is 12.0. The summed E-state index contributed by atoms with van der Waals surface area (Å²) in [6.45, 7) is 2.53. The van der Waals surface area contributed by atoms with Crippen molar-refractivity contribution < 1.29 is 9.53 Å². The second kappa shape index (κ2) is 12.4. The van der Waals surface area contributed by atoms with Crippen molar-refractivity contribution >= 4 is 42.1 Å². The summed E-state index contributed by atoms with van der Waals surface area (Å²) in [4.78, 5) is 14.4. The molecule has 1 unspecified atom stereocenters. The van der Waals surface area contributed by atoms with Gasteiger partial charge in [-0.25, -0.2) is 0 Å². The second-order valence-corrected chi connectivity index (χ2v) is 5.80. The lowest BCUT2D eigenvalue weighted by Crippen LogP contribution is -2.28. The number of nitrogens with two attached hydrogens (primary N) is 1. The minimum atomic E-state index is -0.228. The fraction of sp³-hybridized carbons (Fsp3) is 0.588. The number of carbonyl (C=O) groups is 1. The van der Waals surface area contributed by atoms with Crippen molar-refractivity contribution in [2.45, 2.75) is 38.2 Å². The molecule has 3 N–H and O–H groups in total. The molecule has 1 fully saturated rings. The van der Waals surface area contributed by atoms with E-state index in [-0.39, 0.29) is 43.2 Å². The molecule has 24 heavy (non-hydrogen) atoms. The Kier molecular flexibility index (Phi) is 11.8. The highest BCUT2D eigenvalue weighted by atomic mass is 35.5. The van der Waals surface area contributed by atoms with Crippen LogP contribution in [0.1, 0.15) is 32.1 Å². The Balaban J connectivity index is 0.00000264. The molecule has 1 aliphatic heterocycles. The van der Waals surface area contributed by atoms with Gasteiger partial charge in [-0.1, -0.05) is 18.9 Å². The first-order valence-electron chi connectivity index (χ1n) is 8.10. The van der Waals surface area contributed by atoms with Crippen LogP contribution >= 0.6 is 24.8 Å². The van der Waals surface area contributed by atoms with Gasteiger partial charge in [-0.05, 0) is 31.0 Å². The molecular weight excluding hydrogens is 349 g/mol. The highest BCUT2D eigenvalue weighted by molar-refractivity contribution is 5.91. The van der Waals surface area contributed by atoms with E-state index >= 15 is 0 Å². The van der Waals surface area contributed by atoms with Gasteiger partial charge in [0.25, 0.3) is 0 Å². The van der Waals surface area contributed by atoms with Crippen molar-refractivity contribution in [1.29, 1.82) is 0 Å². The van der Waals surface area contributed by atoms with Crippen LogP contribution in [0.25, 0.3) is 0 Å². The number of ether oxygens (including phenoxy) is 1. The summed E-state index contributed by atoms with van der Waals surface area (Å²) in [7, 11) is 1.57. The van der Waals surface area contributed by atoms with E-state index in [2.05, 4.69) is 16.3 Å². The third-order valence-electron chi connectivity index (χ3n) is 4.11. The van der Waals surface area contributed by atoms with Gasteiger partial charge < -0.3 is 20.7 Å². The largest absolute Gasteiger partial charge is 0.380 e. The number of benzene rings is 1. The maximum Gasteiger partial charge on any atom is 0.227 e. The Bertz CT molecular complexity index is 477. The highest BCUT2D eigenvalue weighted by Gasteiger charge is 2.13. The number of anilines is 2. The number of halogens is 2. The summed E-state index contributed by atoms with van der Waals surface area (Å²) < 4.78 is 5.15. The van der Waals surface area contributed by atoms with Crippen LogP contribution in [0.15, 0.2) is 24.3 Å². The molecule has 0 radical (unpaired) electrons. The maximum absolute atomic E-state index is 12.0. The summed E-state index contributed by atoms with van der Waals surface area (Å²) in [5, 5.41) is 2.93. The van der Waals surface area contributed by atoms with E-state index in [1.165, 1.54) is 31.4 Å². The molecule has 5 nitrogen and oxygen atoms in total. The van der Waals surface area contributed by atoms with Gasteiger partial charge in [-0.15, -0.1) is 24.8 Å². The molecule has 2 rings (SSSR count). The molecule has 1 amide bonds. The third-order valence-corrected chi connectivity index (χ3v) is 4.11. The molecule has 1 heterocycles. The summed E-state index contributed by atoms with van der Waals surface area (Å²) in [6, 6.07) is 8.07. The Hall–Kier alpha value is -1.01. The Labute approximate surface area is 157 Å². The van der Waals surface area contributed by atoms with Crippen molar-refractivity contribution in [1.82, 2.24) is 0 Å². The first-order chi connectivity index (χ1) is 10.7. The van der Waals surface area contributed by atoms with Gasteiger partial charge >= 0.3 is 0 Å². The molecule has 1 atom stereocenters. The molecule has 1 aromatic carbocycles. The molecule has 1 aromatic rings. The number of rotatable bonds is 6. The van der Waals surface area contributed by atoms with Crippen molar-refractivity contribution in [3.8, 4) is 0 Å². The van der Waals surface area contributed by atoms with Gasteiger partial charge in [-0.3, -0.25) is 4.79 Å². The lowest BCUT2D eigenvalue weighted by molar-refractivity contribution is -0.118. The van der Waals surface area contributed by atoms with E-state index in [4.69, 9.17) is 10.5 Å². The highest BCUT2D eigenvalue weighted by Crippen LogP contribution is 2.23. The SMILES string of the molecule is COC(CN)CC(=O)Nc1cccc(N2CCCCCC2)c1.Cl.Cl. The number of nitrogens with zero attached hydrogens (tertiary/aromatic N) is 1. The van der Waals surface area contributed by atoms with E-state index in [9.17, 15) is 4.79 Å². The van der Waals surface area contributed by atoms with E-state index in [1.807, 2.05) is 18.2 Å². The quantitative estimate of drug-likeness (QED) is 0.798. The van der Waals surface area contributed by atoms with Gasteiger partial charge in [0.2, 0.25) is 5.91 Å². The summed E-state index contributed by atoms with van der Waals surface area (Å²) in [5.74, 6) is -0.0645. The van der Waals surface area contributed by atoms with Gasteiger partial charge in [0.1, 0.15) is 0 Å².